The summed E-state index contributed by atoms with van der Waals surface area (Å²) in [5, 5.41) is 0.997. The summed E-state index contributed by atoms with van der Waals surface area (Å²) in [6.07, 6.45) is 1.23. The van der Waals surface area contributed by atoms with Gasteiger partial charge < -0.3 is 10.6 Å². The molecule has 2 atom stereocenters. The molecule has 1 heterocycles. The third-order valence-electron chi connectivity index (χ3n) is 3.66. The minimum Gasteiger partial charge on any atom is -0.342 e. The fourth-order valence-electron chi connectivity index (χ4n) is 2.33. The quantitative estimate of drug-likeness (QED) is 0.901. The average molecular weight is 338 g/mol. The summed E-state index contributed by atoms with van der Waals surface area (Å²) in [7, 11) is 0. The van der Waals surface area contributed by atoms with Crippen molar-refractivity contribution >= 4 is 41.5 Å². The predicted molar refractivity (Wildman–Crippen MR) is 85.8 cm³/mol. The molecule has 0 aromatic heterocycles. The molecule has 112 valence electrons. The van der Waals surface area contributed by atoms with Crippen LogP contribution >= 0.6 is 35.6 Å². The van der Waals surface area contributed by atoms with Crippen LogP contribution < -0.4 is 5.73 Å². The third kappa shape index (κ3) is 4.26. The van der Waals surface area contributed by atoms with Crippen LogP contribution in [-0.2, 0) is 11.2 Å². The van der Waals surface area contributed by atoms with Crippen LogP contribution in [0.15, 0.2) is 18.2 Å². The van der Waals surface area contributed by atoms with E-state index in [0.717, 1.165) is 25.1 Å². The maximum Gasteiger partial charge on any atom is 0.227 e. The molecule has 0 radical (unpaired) electrons. The molecule has 6 heteroatoms. The predicted octanol–water partition coefficient (Wildman–Crippen LogP) is 3.15. The van der Waals surface area contributed by atoms with Crippen LogP contribution in [-0.4, -0.2) is 29.9 Å². The van der Waals surface area contributed by atoms with Gasteiger partial charge in [0.25, 0.3) is 0 Å². The summed E-state index contributed by atoms with van der Waals surface area (Å²) < 4.78 is 0. The molecule has 1 aliphatic heterocycles. The van der Waals surface area contributed by atoms with E-state index in [1.54, 1.807) is 12.1 Å². The Balaban J connectivity index is 0.00000200. The van der Waals surface area contributed by atoms with Crippen molar-refractivity contribution in [1.29, 1.82) is 0 Å². The van der Waals surface area contributed by atoms with Gasteiger partial charge >= 0.3 is 0 Å². The normalized spacial score (nSPS) is 22.3. The van der Waals surface area contributed by atoms with Gasteiger partial charge in [-0.25, -0.2) is 0 Å². The molecule has 3 nitrogen and oxygen atoms in total. The number of amides is 1. The number of benzene rings is 1. The summed E-state index contributed by atoms with van der Waals surface area (Å²) in [5.41, 5.74) is 6.85. The van der Waals surface area contributed by atoms with Crippen LogP contribution in [0.1, 0.15) is 18.9 Å². The Morgan fingerprint density at radius 2 is 2.10 bits per heavy atom. The second-order valence-electron chi connectivity index (χ2n) is 5.19. The number of hydrogen-bond acceptors (Lipinski definition) is 2. The molecular weight excluding hydrogens is 319 g/mol. The van der Waals surface area contributed by atoms with Gasteiger partial charge in [0.05, 0.1) is 16.5 Å². The Hall–Kier alpha value is -0.480. The van der Waals surface area contributed by atoms with Gasteiger partial charge in [0.15, 0.2) is 0 Å². The van der Waals surface area contributed by atoms with Gasteiger partial charge in [-0.05, 0) is 30.0 Å². The van der Waals surface area contributed by atoms with Crippen molar-refractivity contribution in [2.75, 3.05) is 13.1 Å². The highest BCUT2D eigenvalue weighted by molar-refractivity contribution is 6.42. The molecule has 20 heavy (non-hydrogen) atoms. The van der Waals surface area contributed by atoms with E-state index in [1.807, 2.05) is 11.0 Å². The summed E-state index contributed by atoms with van der Waals surface area (Å²) in [4.78, 5) is 14.1. The minimum absolute atomic E-state index is 0. The zero-order valence-corrected chi connectivity index (χ0v) is 13.6. The summed E-state index contributed by atoms with van der Waals surface area (Å²) in [6, 6.07) is 5.52. The Labute approximate surface area is 135 Å². The molecule has 1 aliphatic rings. The molecule has 1 saturated heterocycles. The molecule has 2 unspecified atom stereocenters. The standard InChI is InChI=1S/C14H18Cl2N2O.ClH/c1-9-8-18(5-4-13(9)17)14(19)7-10-2-3-11(15)12(16)6-10;/h2-3,6,9,13H,4-5,7-8,17H2,1H3;1H. The lowest BCUT2D eigenvalue weighted by atomic mass is 9.94. The summed E-state index contributed by atoms with van der Waals surface area (Å²) >= 11 is 11.8. The second kappa shape index (κ2) is 7.51. The van der Waals surface area contributed by atoms with Crippen LogP contribution in [0.3, 0.4) is 0 Å². The second-order valence-corrected chi connectivity index (χ2v) is 6.01. The minimum atomic E-state index is 0. The van der Waals surface area contributed by atoms with Gasteiger partial charge in [0.1, 0.15) is 0 Å². The third-order valence-corrected chi connectivity index (χ3v) is 4.40. The molecule has 0 saturated carbocycles. The van der Waals surface area contributed by atoms with E-state index >= 15 is 0 Å². The Kier molecular flexibility index (Phi) is 6.59. The first-order chi connectivity index (χ1) is 8.97. The van der Waals surface area contributed by atoms with Crippen LogP contribution in [0.25, 0.3) is 0 Å². The molecule has 0 spiro atoms. The van der Waals surface area contributed by atoms with E-state index in [1.165, 1.54) is 0 Å². The molecule has 1 aromatic rings. The SMILES string of the molecule is CC1CN(C(=O)Cc2ccc(Cl)c(Cl)c2)CCC1N.Cl. The Morgan fingerprint density at radius 3 is 2.70 bits per heavy atom. The first-order valence-electron chi connectivity index (χ1n) is 6.44. The van der Waals surface area contributed by atoms with E-state index in [4.69, 9.17) is 28.9 Å². The highest BCUT2D eigenvalue weighted by Gasteiger charge is 2.26. The number of nitrogens with zero attached hydrogens (tertiary/aromatic N) is 1. The van der Waals surface area contributed by atoms with Gasteiger partial charge in [-0.3, -0.25) is 4.79 Å². The largest absolute Gasteiger partial charge is 0.342 e. The number of carbonyl (C=O) groups excluding carboxylic acids is 1. The van der Waals surface area contributed by atoms with Crippen LogP contribution in [0.2, 0.25) is 10.0 Å². The number of nitrogens with two attached hydrogens (primary N) is 1. The number of rotatable bonds is 2. The highest BCUT2D eigenvalue weighted by Crippen LogP contribution is 2.23. The smallest absolute Gasteiger partial charge is 0.227 e. The van der Waals surface area contributed by atoms with E-state index in [-0.39, 0.29) is 24.4 Å². The van der Waals surface area contributed by atoms with Crippen molar-refractivity contribution in [1.82, 2.24) is 4.90 Å². The van der Waals surface area contributed by atoms with Gasteiger partial charge in [-0.2, -0.15) is 0 Å². The summed E-state index contributed by atoms with van der Waals surface area (Å²) in [6.45, 7) is 3.57. The van der Waals surface area contributed by atoms with E-state index in [0.29, 0.717) is 22.4 Å². The molecule has 1 fully saturated rings. The number of piperidine rings is 1. The molecular formula is C14H19Cl3N2O. The Morgan fingerprint density at radius 1 is 1.40 bits per heavy atom. The van der Waals surface area contributed by atoms with Crippen LogP contribution in [0.5, 0.6) is 0 Å². The monoisotopic (exact) mass is 336 g/mol. The number of likely N-dealkylation sites (tertiary alicyclic amines) is 1. The van der Waals surface area contributed by atoms with Gasteiger partial charge in [-0.15, -0.1) is 12.4 Å². The lowest BCUT2D eigenvalue weighted by Gasteiger charge is -2.35. The maximum absolute atomic E-state index is 12.2. The van der Waals surface area contributed by atoms with Crippen molar-refractivity contribution in [3.63, 3.8) is 0 Å². The van der Waals surface area contributed by atoms with Crippen LogP contribution in [0, 0.1) is 5.92 Å². The van der Waals surface area contributed by atoms with Crippen molar-refractivity contribution in [2.45, 2.75) is 25.8 Å². The fourth-order valence-corrected chi connectivity index (χ4v) is 2.65. The summed E-state index contributed by atoms with van der Waals surface area (Å²) in [5.74, 6) is 0.476. The van der Waals surface area contributed by atoms with Crippen LogP contribution in [0.4, 0.5) is 0 Å². The fraction of sp³-hybridized carbons (Fsp3) is 0.500. The topological polar surface area (TPSA) is 46.3 Å². The molecule has 2 rings (SSSR count). The molecule has 1 amide bonds. The van der Waals surface area contributed by atoms with Crippen molar-refractivity contribution < 1.29 is 4.79 Å². The first-order valence-corrected chi connectivity index (χ1v) is 7.20. The van der Waals surface area contributed by atoms with Crippen molar-refractivity contribution in [2.24, 2.45) is 11.7 Å². The molecule has 1 aromatic carbocycles. The zero-order chi connectivity index (χ0) is 14.0. The molecule has 2 N–H and O–H groups in total. The highest BCUT2D eigenvalue weighted by atomic mass is 35.5. The zero-order valence-electron chi connectivity index (χ0n) is 11.3. The molecule has 0 aliphatic carbocycles. The van der Waals surface area contributed by atoms with E-state index in [9.17, 15) is 4.79 Å². The first kappa shape index (κ1) is 17.6. The van der Waals surface area contributed by atoms with Gasteiger partial charge in [-0.1, -0.05) is 36.2 Å². The van der Waals surface area contributed by atoms with E-state index < -0.39 is 0 Å². The van der Waals surface area contributed by atoms with Gasteiger partial charge in [0.2, 0.25) is 5.91 Å². The number of halogens is 3. The van der Waals surface area contributed by atoms with Crippen molar-refractivity contribution in [3.05, 3.63) is 33.8 Å². The van der Waals surface area contributed by atoms with E-state index in [2.05, 4.69) is 6.92 Å². The average Bonchev–Trinajstić information content (AvgIpc) is 2.37. The number of carbonyl (C=O) groups is 1. The molecule has 0 bridgehead atoms. The van der Waals surface area contributed by atoms with Crippen molar-refractivity contribution in [3.8, 4) is 0 Å². The van der Waals surface area contributed by atoms with Gasteiger partial charge in [0, 0.05) is 19.1 Å². The lowest BCUT2D eigenvalue weighted by Crippen LogP contribution is -2.48. The Bertz CT molecular complexity index is 481. The maximum atomic E-state index is 12.2. The number of hydrogen-bond donors (Lipinski definition) is 1. The lowest BCUT2D eigenvalue weighted by molar-refractivity contribution is -0.132.